The van der Waals surface area contributed by atoms with Crippen molar-refractivity contribution in [3.63, 3.8) is 0 Å². The molecule has 0 aromatic heterocycles. The normalized spacial score (nSPS) is 20.8. The zero-order chi connectivity index (χ0) is 19.7. The van der Waals surface area contributed by atoms with Crippen LogP contribution in [0.5, 0.6) is 11.5 Å². The van der Waals surface area contributed by atoms with Crippen molar-refractivity contribution in [1.82, 2.24) is 0 Å². The molecule has 0 saturated carbocycles. The van der Waals surface area contributed by atoms with Crippen LogP contribution in [0.2, 0.25) is 0 Å². The van der Waals surface area contributed by atoms with Gasteiger partial charge in [0, 0.05) is 11.4 Å². The van der Waals surface area contributed by atoms with E-state index < -0.39 is 11.8 Å². The molecule has 0 saturated heterocycles. The maximum atomic E-state index is 6.71. The summed E-state index contributed by atoms with van der Waals surface area (Å²) in [6, 6.07) is 21.1. The third-order valence-corrected chi connectivity index (χ3v) is 4.74. The van der Waals surface area contributed by atoms with Gasteiger partial charge >= 0.3 is 0 Å². The average molecular weight is 374 g/mol. The lowest BCUT2D eigenvalue weighted by Crippen LogP contribution is -2.58. The molecule has 2 unspecified atom stereocenters. The second-order valence-electron chi connectivity index (χ2n) is 6.75. The fourth-order valence-corrected chi connectivity index (χ4v) is 3.18. The molecule has 0 aliphatic heterocycles. The summed E-state index contributed by atoms with van der Waals surface area (Å²) < 4.78 is 12.3. The fourth-order valence-electron chi connectivity index (χ4n) is 3.18. The number of nitrogens with two attached hydrogens (primary N) is 4. The van der Waals surface area contributed by atoms with Crippen LogP contribution in [0.4, 0.5) is 11.4 Å². The van der Waals surface area contributed by atoms with Crippen LogP contribution in [-0.2, 0) is 0 Å². The van der Waals surface area contributed by atoms with Gasteiger partial charge in [-0.25, -0.2) is 0 Å². The lowest BCUT2D eigenvalue weighted by molar-refractivity contribution is 0.0469. The highest BCUT2D eigenvalue weighted by atomic mass is 16.6. The minimum Gasteiger partial charge on any atom is -0.463 e. The van der Waals surface area contributed by atoms with Crippen LogP contribution >= 0.6 is 0 Å². The summed E-state index contributed by atoms with van der Waals surface area (Å²) in [5.74, 6) is 1.53. The van der Waals surface area contributed by atoms with Gasteiger partial charge in [0.2, 0.25) is 5.72 Å². The zero-order valence-corrected chi connectivity index (χ0v) is 15.2. The number of ether oxygens (including phenoxy) is 2. The molecular weight excluding hydrogens is 352 g/mol. The average Bonchev–Trinajstić information content (AvgIpc) is 2.70. The first-order valence-corrected chi connectivity index (χ1v) is 8.89. The number of rotatable bonds is 4. The van der Waals surface area contributed by atoms with Gasteiger partial charge in [0.25, 0.3) is 0 Å². The maximum Gasteiger partial charge on any atom is 0.236 e. The molecule has 2 atom stereocenters. The molecular formula is C22H22N4O2. The predicted octanol–water partition coefficient (Wildman–Crippen LogP) is 3.02. The van der Waals surface area contributed by atoms with Gasteiger partial charge in [-0.15, -0.1) is 0 Å². The molecule has 0 bridgehead atoms. The van der Waals surface area contributed by atoms with Crippen LogP contribution in [0, 0.1) is 0 Å². The van der Waals surface area contributed by atoms with Crippen LogP contribution in [0.15, 0.2) is 78.6 Å². The summed E-state index contributed by atoms with van der Waals surface area (Å²) in [5, 5.41) is 0. The van der Waals surface area contributed by atoms with Crippen molar-refractivity contribution in [1.29, 1.82) is 0 Å². The van der Waals surface area contributed by atoms with Crippen LogP contribution in [0.3, 0.4) is 0 Å². The summed E-state index contributed by atoms with van der Waals surface area (Å²) in [5.41, 5.74) is 26.5. The molecule has 1 aliphatic carbocycles. The Labute approximate surface area is 163 Å². The van der Waals surface area contributed by atoms with Crippen LogP contribution in [0.1, 0.15) is 17.2 Å². The molecule has 0 spiro atoms. The van der Waals surface area contributed by atoms with Crippen LogP contribution in [0.25, 0.3) is 6.08 Å². The van der Waals surface area contributed by atoms with Gasteiger partial charge in [-0.1, -0.05) is 24.3 Å². The largest absolute Gasteiger partial charge is 0.463 e. The fraction of sp³-hybridized carbons (Fsp3) is 0.0909. The number of hydrogen-bond acceptors (Lipinski definition) is 6. The summed E-state index contributed by atoms with van der Waals surface area (Å²) in [7, 11) is 0. The molecule has 3 aromatic carbocycles. The monoisotopic (exact) mass is 374 g/mol. The van der Waals surface area contributed by atoms with Crippen LogP contribution in [-0.4, -0.2) is 5.72 Å². The van der Waals surface area contributed by atoms with Gasteiger partial charge in [0.15, 0.2) is 5.76 Å². The summed E-state index contributed by atoms with van der Waals surface area (Å²) >= 11 is 0. The lowest BCUT2D eigenvalue weighted by Gasteiger charge is -2.40. The van der Waals surface area contributed by atoms with E-state index in [9.17, 15) is 0 Å². The van der Waals surface area contributed by atoms with Crippen molar-refractivity contribution in [3.05, 3.63) is 89.7 Å². The molecule has 0 heterocycles. The van der Waals surface area contributed by atoms with Crippen molar-refractivity contribution < 1.29 is 9.47 Å². The number of anilines is 2. The molecule has 0 radical (unpaired) electrons. The Kier molecular flexibility index (Phi) is 4.43. The molecule has 3 aromatic rings. The van der Waals surface area contributed by atoms with Crippen molar-refractivity contribution in [2.75, 3.05) is 11.5 Å². The van der Waals surface area contributed by atoms with E-state index in [1.54, 1.807) is 48.5 Å². The van der Waals surface area contributed by atoms with Crippen molar-refractivity contribution >= 4 is 17.5 Å². The number of benzene rings is 3. The summed E-state index contributed by atoms with van der Waals surface area (Å²) in [6.07, 6.45) is 1.85. The molecule has 8 N–H and O–H groups in total. The Bertz CT molecular complexity index is 1020. The molecule has 1 aliphatic rings. The lowest BCUT2D eigenvalue weighted by atomic mass is 9.86. The minimum absolute atomic E-state index is 0.403. The van der Waals surface area contributed by atoms with Crippen molar-refractivity contribution in [3.8, 4) is 11.5 Å². The van der Waals surface area contributed by atoms with Crippen LogP contribution < -0.4 is 32.4 Å². The highest BCUT2D eigenvalue weighted by molar-refractivity contribution is 5.63. The minimum atomic E-state index is -1.41. The standard InChI is InChI=1S/C22H22N4O2/c23-15-5-9-17(10-6-15)27-20-13-14-3-1-2-4-19(14)21(25)22(20,26)28-18-11-7-16(24)8-12-18/h1-13,21H,23-26H2. The molecule has 6 nitrogen and oxygen atoms in total. The molecule has 4 rings (SSSR count). The summed E-state index contributed by atoms with van der Waals surface area (Å²) in [6.45, 7) is 0. The summed E-state index contributed by atoms with van der Waals surface area (Å²) in [4.78, 5) is 0. The zero-order valence-electron chi connectivity index (χ0n) is 15.2. The predicted molar refractivity (Wildman–Crippen MR) is 111 cm³/mol. The molecule has 0 amide bonds. The van der Waals surface area contributed by atoms with E-state index in [1.165, 1.54) is 0 Å². The Balaban J connectivity index is 1.76. The van der Waals surface area contributed by atoms with E-state index in [0.29, 0.717) is 28.6 Å². The van der Waals surface area contributed by atoms with E-state index in [1.807, 2.05) is 30.3 Å². The first kappa shape index (κ1) is 17.9. The topological polar surface area (TPSA) is 123 Å². The van der Waals surface area contributed by atoms with Gasteiger partial charge in [-0.05, 0) is 65.7 Å². The maximum absolute atomic E-state index is 6.71. The Morgan fingerprint density at radius 3 is 1.96 bits per heavy atom. The number of nitrogen functional groups attached to an aromatic ring is 2. The van der Waals surface area contributed by atoms with Crippen molar-refractivity contribution in [2.24, 2.45) is 11.5 Å². The molecule has 6 heteroatoms. The van der Waals surface area contributed by atoms with E-state index in [0.717, 1.165) is 11.1 Å². The third-order valence-electron chi connectivity index (χ3n) is 4.74. The quantitative estimate of drug-likeness (QED) is 0.411. The Hall–Kier alpha value is -3.48. The second-order valence-corrected chi connectivity index (χ2v) is 6.75. The van der Waals surface area contributed by atoms with Gasteiger partial charge in [0.1, 0.15) is 11.5 Å². The van der Waals surface area contributed by atoms with Gasteiger partial charge < -0.3 is 26.7 Å². The van der Waals surface area contributed by atoms with E-state index in [4.69, 9.17) is 32.4 Å². The SMILES string of the molecule is Nc1ccc(OC2=Cc3ccccc3C(N)C2(N)Oc2ccc(N)cc2)cc1. The van der Waals surface area contributed by atoms with Gasteiger partial charge in [0.05, 0.1) is 6.04 Å². The highest BCUT2D eigenvalue weighted by Crippen LogP contribution is 2.39. The molecule has 142 valence electrons. The highest BCUT2D eigenvalue weighted by Gasteiger charge is 2.45. The first-order valence-electron chi connectivity index (χ1n) is 8.89. The smallest absolute Gasteiger partial charge is 0.236 e. The first-order chi connectivity index (χ1) is 13.5. The van der Waals surface area contributed by atoms with Crippen molar-refractivity contribution in [2.45, 2.75) is 11.8 Å². The Morgan fingerprint density at radius 1 is 0.750 bits per heavy atom. The van der Waals surface area contributed by atoms with Gasteiger partial charge in [-0.2, -0.15) is 0 Å². The third kappa shape index (κ3) is 3.26. The van der Waals surface area contributed by atoms with E-state index >= 15 is 0 Å². The number of hydrogen-bond donors (Lipinski definition) is 4. The second kappa shape index (κ2) is 6.92. The Morgan fingerprint density at radius 2 is 1.32 bits per heavy atom. The molecule has 0 fully saturated rings. The molecule has 28 heavy (non-hydrogen) atoms. The van der Waals surface area contributed by atoms with E-state index in [-0.39, 0.29) is 0 Å². The van der Waals surface area contributed by atoms with Gasteiger partial charge in [-0.3, -0.25) is 5.73 Å². The number of fused-ring (bicyclic) bond motifs is 1. The van der Waals surface area contributed by atoms with E-state index in [2.05, 4.69) is 0 Å².